The van der Waals surface area contributed by atoms with Crippen molar-refractivity contribution in [2.75, 3.05) is 0 Å². The van der Waals surface area contributed by atoms with Gasteiger partial charge < -0.3 is 8.98 Å². The highest BCUT2D eigenvalue weighted by Gasteiger charge is 2.16. The molecule has 0 spiro atoms. The average molecular weight is 564 g/mol. The topological polar surface area (TPSA) is 18.1 Å². The third-order valence-corrected chi connectivity index (χ3v) is 8.09. The Morgan fingerprint density at radius 2 is 1.21 bits per heavy atom. The molecular formula is C36H22BrNO. The van der Waals surface area contributed by atoms with Crippen LogP contribution >= 0.6 is 15.9 Å². The van der Waals surface area contributed by atoms with Gasteiger partial charge in [0.15, 0.2) is 0 Å². The van der Waals surface area contributed by atoms with Crippen LogP contribution in [0.25, 0.3) is 71.7 Å². The van der Waals surface area contributed by atoms with Crippen molar-refractivity contribution in [3.05, 3.63) is 138 Å². The Kier molecular flexibility index (Phi) is 5.01. The van der Waals surface area contributed by atoms with E-state index in [-0.39, 0.29) is 0 Å². The molecule has 0 bridgehead atoms. The second-order valence-corrected chi connectivity index (χ2v) is 10.8. The van der Waals surface area contributed by atoms with Gasteiger partial charge in [0, 0.05) is 31.7 Å². The van der Waals surface area contributed by atoms with Gasteiger partial charge in [-0.2, -0.15) is 0 Å². The van der Waals surface area contributed by atoms with Gasteiger partial charge in [-0.1, -0.05) is 94.8 Å². The molecule has 8 rings (SSSR count). The first kappa shape index (κ1) is 22.4. The van der Waals surface area contributed by atoms with Crippen LogP contribution in [-0.2, 0) is 0 Å². The minimum absolute atomic E-state index is 0.907. The van der Waals surface area contributed by atoms with Crippen LogP contribution in [0.15, 0.2) is 142 Å². The van der Waals surface area contributed by atoms with Crippen LogP contribution in [0.4, 0.5) is 0 Å². The minimum atomic E-state index is 0.907. The van der Waals surface area contributed by atoms with Crippen LogP contribution in [0.3, 0.4) is 0 Å². The Morgan fingerprint density at radius 3 is 2.10 bits per heavy atom. The van der Waals surface area contributed by atoms with E-state index in [1.807, 2.05) is 18.2 Å². The van der Waals surface area contributed by atoms with Crippen LogP contribution in [-0.4, -0.2) is 4.57 Å². The minimum Gasteiger partial charge on any atom is -0.456 e. The predicted molar refractivity (Wildman–Crippen MR) is 167 cm³/mol. The van der Waals surface area contributed by atoms with Crippen molar-refractivity contribution in [1.82, 2.24) is 4.57 Å². The molecule has 0 aliphatic heterocycles. The summed E-state index contributed by atoms with van der Waals surface area (Å²) in [6.07, 6.45) is 0. The third kappa shape index (κ3) is 3.54. The number of furan rings is 1. The number of aromatic nitrogens is 1. The van der Waals surface area contributed by atoms with Crippen molar-refractivity contribution in [3.8, 4) is 27.9 Å². The largest absolute Gasteiger partial charge is 0.456 e. The molecule has 39 heavy (non-hydrogen) atoms. The molecule has 6 aromatic carbocycles. The molecule has 2 nitrogen and oxygen atoms in total. The summed E-state index contributed by atoms with van der Waals surface area (Å²) in [7, 11) is 0. The van der Waals surface area contributed by atoms with Gasteiger partial charge in [-0.05, 0) is 76.9 Å². The van der Waals surface area contributed by atoms with E-state index in [2.05, 4.69) is 136 Å². The van der Waals surface area contributed by atoms with Crippen LogP contribution in [0.2, 0.25) is 0 Å². The standard InChI is InChI=1S/C36H22BrNO/c37-26-20-24(19-25(21-26)28-13-8-16-35-36(28)31-12-5-7-15-34(31)39-35)23-17-18-30-29-11-4-6-14-32(29)38(33(30)22-23)27-9-2-1-3-10-27/h1-22H. The van der Waals surface area contributed by atoms with Crippen molar-refractivity contribution in [3.63, 3.8) is 0 Å². The maximum Gasteiger partial charge on any atom is 0.136 e. The fourth-order valence-electron chi connectivity index (χ4n) is 5.93. The molecule has 0 amide bonds. The van der Waals surface area contributed by atoms with E-state index >= 15 is 0 Å². The maximum absolute atomic E-state index is 6.18. The van der Waals surface area contributed by atoms with Gasteiger partial charge in [0.2, 0.25) is 0 Å². The third-order valence-electron chi connectivity index (χ3n) is 7.63. The van der Waals surface area contributed by atoms with E-state index in [1.54, 1.807) is 0 Å². The monoisotopic (exact) mass is 563 g/mol. The van der Waals surface area contributed by atoms with E-state index in [0.29, 0.717) is 0 Å². The Labute approximate surface area is 233 Å². The number of hydrogen-bond donors (Lipinski definition) is 0. The Hall–Kier alpha value is -4.60. The summed E-state index contributed by atoms with van der Waals surface area (Å²) >= 11 is 3.81. The second kappa shape index (κ2) is 8.72. The normalized spacial score (nSPS) is 11.7. The first-order chi connectivity index (χ1) is 19.2. The molecule has 2 heterocycles. The van der Waals surface area contributed by atoms with Gasteiger partial charge in [0.05, 0.1) is 11.0 Å². The lowest BCUT2D eigenvalue weighted by Gasteiger charge is -2.11. The highest BCUT2D eigenvalue weighted by atomic mass is 79.9. The van der Waals surface area contributed by atoms with Crippen LogP contribution < -0.4 is 0 Å². The number of benzene rings is 6. The van der Waals surface area contributed by atoms with Gasteiger partial charge in [0.1, 0.15) is 11.2 Å². The molecule has 0 unspecified atom stereocenters. The van der Waals surface area contributed by atoms with E-state index < -0.39 is 0 Å². The van der Waals surface area contributed by atoms with Crippen molar-refractivity contribution >= 4 is 59.7 Å². The lowest BCUT2D eigenvalue weighted by atomic mass is 9.95. The Bertz CT molecular complexity index is 2190. The Balaban J connectivity index is 1.36. The summed E-state index contributed by atoms with van der Waals surface area (Å²) in [6.45, 7) is 0. The van der Waals surface area contributed by atoms with Crippen molar-refractivity contribution in [2.45, 2.75) is 0 Å². The first-order valence-corrected chi connectivity index (χ1v) is 13.8. The van der Waals surface area contributed by atoms with E-state index in [0.717, 1.165) is 43.2 Å². The zero-order valence-electron chi connectivity index (χ0n) is 20.9. The molecule has 0 N–H and O–H groups in total. The zero-order chi connectivity index (χ0) is 25.9. The maximum atomic E-state index is 6.18. The highest BCUT2D eigenvalue weighted by molar-refractivity contribution is 9.10. The van der Waals surface area contributed by atoms with Gasteiger partial charge >= 0.3 is 0 Å². The molecular weight excluding hydrogens is 542 g/mol. The van der Waals surface area contributed by atoms with Gasteiger partial charge in [-0.15, -0.1) is 0 Å². The lowest BCUT2D eigenvalue weighted by Crippen LogP contribution is -1.93. The molecule has 0 atom stereocenters. The zero-order valence-corrected chi connectivity index (χ0v) is 22.5. The molecule has 0 saturated heterocycles. The van der Waals surface area contributed by atoms with Crippen molar-refractivity contribution in [1.29, 1.82) is 0 Å². The predicted octanol–water partition coefficient (Wildman–Crippen LogP) is 10.8. The molecule has 8 aromatic rings. The van der Waals surface area contributed by atoms with Gasteiger partial charge in [0.25, 0.3) is 0 Å². The number of para-hydroxylation sites is 3. The van der Waals surface area contributed by atoms with Gasteiger partial charge in [-0.3, -0.25) is 0 Å². The quantitative estimate of drug-likeness (QED) is 0.209. The molecule has 0 aliphatic rings. The Morgan fingerprint density at radius 1 is 0.487 bits per heavy atom. The molecule has 0 saturated carbocycles. The number of nitrogens with zero attached hydrogens (tertiary/aromatic N) is 1. The lowest BCUT2D eigenvalue weighted by molar-refractivity contribution is 0.669. The molecule has 0 aliphatic carbocycles. The van der Waals surface area contributed by atoms with E-state index in [9.17, 15) is 0 Å². The van der Waals surface area contributed by atoms with E-state index in [1.165, 1.54) is 32.9 Å². The fourth-order valence-corrected chi connectivity index (χ4v) is 6.43. The van der Waals surface area contributed by atoms with Crippen LogP contribution in [0, 0.1) is 0 Å². The summed E-state index contributed by atoms with van der Waals surface area (Å²) in [4.78, 5) is 0. The summed E-state index contributed by atoms with van der Waals surface area (Å²) in [5.74, 6) is 0. The van der Waals surface area contributed by atoms with E-state index in [4.69, 9.17) is 4.42 Å². The summed E-state index contributed by atoms with van der Waals surface area (Å²) in [5.41, 5.74) is 10.0. The smallest absolute Gasteiger partial charge is 0.136 e. The molecule has 0 fully saturated rings. The number of rotatable bonds is 3. The van der Waals surface area contributed by atoms with Crippen LogP contribution in [0.1, 0.15) is 0 Å². The van der Waals surface area contributed by atoms with Crippen molar-refractivity contribution < 1.29 is 4.42 Å². The van der Waals surface area contributed by atoms with Crippen LogP contribution in [0.5, 0.6) is 0 Å². The average Bonchev–Trinajstić information content (AvgIpc) is 3.53. The first-order valence-electron chi connectivity index (χ1n) is 13.0. The summed E-state index contributed by atoms with van der Waals surface area (Å²) in [6, 6.07) is 47.3. The molecule has 0 radical (unpaired) electrons. The number of hydrogen-bond acceptors (Lipinski definition) is 1. The van der Waals surface area contributed by atoms with Crippen molar-refractivity contribution in [2.24, 2.45) is 0 Å². The summed E-state index contributed by atoms with van der Waals surface area (Å²) in [5, 5.41) is 4.80. The SMILES string of the molecule is Brc1cc(-c2ccc3c4ccccc4n(-c4ccccc4)c3c2)cc(-c2cccc3oc4ccccc4c23)c1. The van der Waals surface area contributed by atoms with Gasteiger partial charge in [-0.25, -0.2) is 0 Å². The number of halogens is 1. The summed E-state index contributed by atoms with van der Waals surface area (Å²) < 4.78 is 9.59. The molecule has 2 aromatic heterocycles. The molecule has 3 heteroatoms. The number of fused-ring (bicyclic) bond motifs is 6. The molecule has 184 valence electrons. The fraction of sp³-hybridized carbons (Fsp3) is 0. The highest BCUT2D eigenvalue weighted by Crippen LogP contribution is 2.40. The second-order valence-electron chi connectivity index (χ2n) is 9.93.